The predicted molar refractivity (Wildman–Crippen MR) is 129 cm³/mol. The van der Waals surface area contributed by atoms with Gasteiger partial charge in [-0.3, -0.25) is 0 Å². The van der Waals surface area contributed by atoms with E-state index in [2.05, 4.69) is 93.6 Å². The van der Waals surface area contributed by atoms with E-state index in [1.54, 1.807) is 0 Å². The second-order valence-electron chi connectivity index (χ2n) is 7.57. The van der Waals surface area contributed by atoms with E-state index in [1.165, 1.54) is 23.8 Å². The van der Waals surface area contributed by atoms with Gasteiger partial charge in [0.15, 0.2) is 0 Å². The van der Waals surface area contributed by atoms with E-state index in [-0.39, 0.29) is 8.81 Å². The molecule has 3 rings (SSSR count). The van der Waals surface area contributed by atoms with E-state index in [1.807, 2.05) is 0 Å². The van der Waals surface area contributed by atoms with Crippen LogP contribution in [0.4, 0.5) is 4.79 Å². The van der Waals surface area contributed by atoms with Crippen LogP contribution in [0.25, 0.3) is 0 Å². The first-order valence-corrected chi connectivity index (χ1v) is 11.8. The first-order chi connectivity index (χ1) is 15.1. The van der Waals surface area contributed by atoms with Gasteiger partial charge in [-0.1, -0.05) is 93.6 Å². The van der Waals surface area contributed by atoms with Crippen molar-refractivity contribution < 1.29 is 14.1 Å². The lowest BCUT2D eigenvalue weighted by Crippen LogP contribution is -2.26. The van der Waals surface area contributed by atoms with Gasteiger partial charge in [0.2, 0.25) is 0 Å². The largest absolute Gasteiger partial charge is 0.510 e. The third-order valence-corrected chi connectivity index (χ3v) is 7.20. The molecule has 0 N–H and O–H groups in total. The minimum absolute atomic E-state index is 0.168. The molecule has 0 radical (unpaired) electrons. The molecule has 0 heterocycles. The highest BCUT2D eigenvalue weighted by molar-refractivity contribution is 7.35. The van der Waals surface area contributed by atoms with Crippen molar-refractivity contribution in [3.63, 3.8) is 0 Å². The normalized spacial score (nSPS) is 11.6. The maximum absolute atomic E-state index is 12.1. The second-order valence-corrected chi connectivity index (χ2v) is 8.73. The molecule has 1 atom stereocenters. The fourth-order valence-electron chi connectivity index (χ4n) is 3.91. The van der Waals surface area contributed by atoms with Gasteiger partial charge in [-0.05, 0) is 52.6 Å². The van der Waals surface area contributed by atoms with Crippen LogP contribution in [0.3, 0.4) is 0 Å². The highest BCUT2D eigenvalue weighted by Crippen LogP contribution is 2.53. The van der Waals surface area contributed by atoms with E-state index in [0.29, 0.717) is 0 Å². The highest BCUT2D eigenvalue weighted by Gasteiger charge is 2.39. The first kappa shape index (κ1) is 23.0. The second kappa shape index (κ2) is 10.6. The van der Waals surface area contributed by atoms with Crippen molar-refractivity contribution in [2.75, 3.05) is 7.11 Å². The lowest BCUT2D eigenvalue weighted by molar-refractivity contribution is 0.127. The summed E-state index contributed by atoms with van der Waals surface area (Å²) in [6.07, 6.45) is 2.16. The van der Waals surface area contributed by atoms with E-state index in [4.69, 9.17) is 9.26 Å². The number of rotatable bonds is 8. The summed E-state index contributed by atoms with van der Waals surface area (Å²) in [7, 11) is 1.18. The van der Waals surface area contributed by atoms with E-state index in [0.717, 1.165) is 36.0 Å². The molecule has 3 aromatic rings. The molecule has 0 aliphatic carbocycles. The van der Waals surface area contributed by atoms with Gasteiger partial charge < -0.3 is 9.26 Å². The molecule has 3 nitrogen and oxygen atoms in total. The smallest absolute Gasteiger partial charge is 0.437 e. The summed E-state index contributed by atoms with van der Waals surface area (Å²) < 4.78 is 10.5. The van der Waals surface area contributed by atoms with Gasteiger partial charge in [-0.25, -0.2) is 4.79 Å². The maximum Gasteiger partial charge on any atom is 0.510 e. The summed E-state index contributed by atoms with van der Waals surface area (Å²) in [5.74, 6) is 0. The Morgan fingerprint density at radius 3 is 1.45 bits per heavy atom. The van der Waals surface area contributed by atoms with Crippen LogP contribution in [-0.4, -0.2) is 13.3 Å². The van der Waals surface area contributed by atoms with Crippen LogP contribution in [0.15, 0.2) is 72.8 Å². The third kappa shape index (κ3) is 4.99. The zero-order valence-corrected chi connectivity index (χ0v) is 19.8. The van der Waals surface area contributed by atoms with Crippen molar-refractivity contribution in [2.45, 2.75) is 45.2 Å². The van der Waals surface area contributed by atoms with E-state index < -0.39 is 11.3 Å². The molecule has 0 aliphatic rings. The van der Waals surface area contributed by atoms with E-state index >= 15 is 0 Å². The molecule has 31 heavy (non-hydrogen) atoms. The molecule has 162 valence electrons. The molecule has 4 heteroatoms. The zero-order valence-electron chi connectivity index (χ0n) is 18.8. The summed E-state index contributed by atoms with van der Waals surface area (Å²) >= 11 is 0. The molecular weight excluding hydrogens is 403 g/mol. The van der Waals surface area contributed by atoms with Crippen molar-refractivity contribution >= 4 is 15.0 Å². The number of methoxy groups -OCH3 is 1. The van der Waals surface area contributed by atoms with Gasteiger partial charge in [0, 0.05) is 0 Å². The predicted octanol–water partition coefficient (Wildman–Crippen LogP) is 7.04. The Balaban J connectivity index is 2.33. The van der Waals surface area contributed by atoms with Crippen LogP contribution in [-0.2, 0) is 33.7 Å². The van der Waals surface area contributed by atoms with Crippen LogP contribution in [0, 0.1) is 0 Å². The van der Waals surface area contributed by atoms with Crippen LogP contribution < -0.4 is 0 Å². The summed E-state index contributed by atoms with van der Waals surface area (Å²) in [4.78, 5) is 12.1. The van der Waals surface area contributed by atoms with Gasteiger partial charge in [0.1, 0.15) is 8.81 Å². The van der Waals surface area contributed by atoms with Gasteiger partial charge in [-0.15, -0.1) is 0 Å². The van der Waals surface area contributed by atoms with Crippen molar-refractivity contribution in [1.82, 2.24) is 0 Å². The van der Waals surface area contributed by atoms with Gasteiger partial charge in [-0.2, -0.15) is 0 Å². The third-order valence-electron chi connectivity index (χ3n) is 5.76. The number of aryl methyl sites for hydroxylation is 3. The maximum atomic E-state index is 12.1. The zero-order chi connectivity index (χ0) is 22.3. The summed E-state index contributed by atoms with van der Waals surface area (Å²) in [6, 6.07) is 25.9. The Labute approximate surface area is 187 Å². The van der Waals surface area contributed by atoms with Gasteiger partial charge in [0.05, 0.1) is 12.3 Å². The van der Waals surface area contributed by atoms with Crippen molar-refractivity contribution in [2.24, 2.45) is 0 Å². The lowest BCUT2D eigenvalue weighted by atomic mass is 9.82. The molecule has 0 spiro atoms. The Morgan fingerprint density at radius 2 is 1.13 bits per heavy atom. The van der Waals surface area contributed by atoms with Gasteiger partial charge in [0.25, 0.3) is 0 Å². The Morgan fingerprint density at radius 1 is 0.742 bits per heavy atom. The fraction of sp³-hybridized carbons (Fsp3) is 0.296. The monoisotopic (exact) mass is 434 g/mol. The van der Waals surface area contributed by atoms with Crippen LogP contribution >= 0.6 is 8.81 Å². The molecule has 0 saturated heterocycles. The lowest BCUT2D eigenvalue weighted by Gasteiger charge is -2.35. The topological polar surface area (TPSA) is 35.5 Å². The van der Waals surface area contributed by atoms with Crippen LogP contribution in [0.1, 0.15) is 54.2 Å². The summed E-state index contributed by atoms with van der Waals surface area (Å²) in [5, 5.41) is -0.615. The van der Waals surface area contributed by atoms with E-state index in [9.17, 15) is 4.79 Å². The number of benzene rings is 3. The molecule has 0 amide bonds. The van der Waals surface area contributed by atoms with Crippen molar-refractivity contribution in [1.29, 1.82) is 0 Å². The molecular formula is C27H31O3P. The fourth-order valence-corrected chi connectivity index (χ4v) is 5.05. The quantitative estimate of drug-likeness (QED) is 0.217. The average Bonchev–Trinajstić information content (AvgIpc) is 2.84. The molecule has 3 aromatic carbocycles. The Kier molecular flexibility index (Phi) is 7.87. The van der Waals surface area contributed by atoms with Crippen molar-refractivity contribution in [3.8, 4) is 0 Å². The number of carbonyl (C=O) groups is 1. The summed E-state index contributed by atoms with van der Waals surface area (Å²) in [6.45, 7) is 6.47. The minimum Gasteiger partial charge on any atom is -0.437 e. The minimum atomic E-state index is -0.660. The highest BCUT2D eigenvalue weighted by atomic mass is 31.1. The van der Waals surface area contributed by atoms with Crippen LogP contribution in [0.2, 0.25) is 0 Å². The Bertz CT molecular complexity index is 913. The molecule has 0 bridgehead atoms. The van der Waals surface area contributed by atoms with Gasteiger partial charge >= 0.3 is 6.16 Å². The molecule has 0 saturated carbocycles. The number of hydrogen-bond donors (Lipinski definition) is 0. The van der Waals surface area contributed by atoms with Crippen LogP contribution in [0.5, 0.6) is 0 Å². The molecule has 1 unspecified atom stereocenters. The number of ether oxygens (including phenoxy) is 1. The molecule has 0 aromatic heterocycles. The number of carbonyl (C=O) groups excluding carboxylic acids is 1. The Hall–Kier alpha value is -2.64. The average molecular weight is 435 g/mol. The summed E-state index contributed by atoms with van der Waals surface area (Å²) in [5.41, 5.74) is 7.12. The molecule has 0 aliphatic heterocycles. The van der Waals surface area contributed by atoms with Crippen molar-refractivity contribution in [3.05, 3.63) is 106 Å². The molecule has 0 fully saturated rings. The first-order valence-electron chi connectivity index (χ1n) is 10.9. The number of hydrogen-bond acceptors (Lipinski definition) is 3. The standard InChI is InChI=1S/C27H31O3P/c1-5-20-11-8-14-23(17-20)27(31-30-26(28)29-4,24-15-9-12-21(6-2)18-24)25-16-10-13-22(7-3)19-25/h8-19,31H,5-7H2,1-4H3. The SMILES string of the molecule is CCc1cccc(C(POC(=O)OC)(c2cccc(CC)c2)c2cccc(CC)c2)c1.